The minimum atomic E-state index is -0.595. The highest BCUT2D eigenvalue weighted by molar-refractivity contribution is 14.1. The molecular formula is C20H16I2N2O5. The molecule has 3 rings (SSSR count). The lowest BCUT2D eigenvalue weighted by Gasteiger charge is -2.10. The van der Waals surface area contributed by atoms with Crippen LogP contribution >= 0.6 is 45.2 Å². The summed E-state index contributed by atoms with van der Waals surface area (Å²) >= 11 is 4.39. The number of carbonyl (C=O) groups excluding carboxylic acids is 1. The maximum Gasteiger partial charge on any atom is 0.363 e. The van der Waals surface area contributed by atoms with Crippen LogP contribution in [0, 0.1) is 24.2 Å². The van der Waals surface area contributed by atoms with Crippen molar-refractivity contribution in [3.8, 4) is 5.75 Å². The van der Waals surface area contributed by atoms with Gasteiger partial charge in [0.15, 0.2) is 5.70 Å². The Labute approximate surface area is 194 Å². The Kier molecular flexibility index (Phi) is 6.88. The highest BCUT2D eigenvalue weighted by Crippen LogP contribution is 2.31. The van der Waals surface area contributed by atoms with Crippen molar-refractivity contribution in [2.45, 2.75) is 20.3 Å². The van der Waals surface area contributed by atoms with E-state index >= 15 is 0 Å². The van der Waals surface area contributed by atoms with Crippen molar-refractivity contribution >= 4 is 68.8 Å². The molecule has 0 saturated carbocycles. The molecule has 0 saturated heterocycles. The first-order chi connectivity index (χ1) is 13.8. The van der Waals surface area contributed by atoms with E-state index in [-0.39, 0.29) is 17.3 Å². The third-order valence-corrected chi connectivity index (χ3v) is 5.73. The molecule has 0 unspecified atom stereocenters. The molecule has 0 amide bonds. The van der Waals surface area contributed by atoms with Gasteiger partial charge in [0.2, 0.25) is 5.90 Å². The van der Waals surface area contributed by atoms with Gasteiger partial charge in [-0.3, -0.25) is 10.1 Å². The molecule has 0 bridgehead atoms. The van der Waals surface area contributed by atoms with Gasteiger partial charge in [0, 0.05) is 17.2 Å². The van der Waals surface area contributed by atoms with E-state index in [0.717, 1.165) is 24.9 Å². The monoisotopic (exact) mass is 618 g/mol. The average molecular weight is 618 g/mol. The number of nitro benzene ring substituents is 1. The van der Waals surface area contributed by atoms with Gasteiger partial charge in [-0.1, -0.05) is 13.0 Å². The number of esters is 1. The van der Waals surface area contributed by atoms with Crippen LogP contribution in [0.2, 0.25) is 0 Å². The SMILES string of the molecule is CCCOc1c(I)cc(/C=C2\N=C(c3cccc([N+](=O)[O-])c3C)OC2=O)cc1I. The quantitative estimate of drug-likeness (QED) is 0.145. The van der Waals surface area contributed by atoms with Crippen LogP contribution in [0.5, 0.6) is 5.75 Å². The van der Waals surface area contributed by atoms with Crippen molar-refractivity contribution in [1.82, 2.24) is 0 Å². The molecule has 1 aliphatic heterocycles. The second-order valence-electron chi connectivity index (χ2n) is 6.20. The molecule has 0 N–H and O–H groups in total. The third-order valence-electron chi connectivity index (χ3n) is 4.13. The average Bonchev–Trinajstić information content (AvgIpc) is 3.01. The Balaban J connectivity index is 1.96. The Morgan fingerprint density at radius 1 is 1.28 bits per heavy atom. The number of hydrogen-bond acceptors (Lipinski definition) is 6. The van der Waals surface area contributed by atoms with Crippen molar-refractivity contribution in [3.63, 3.8) is 0 Å². The Hall–Kier alpha value is -2.02. The predicted molar refractivity (Wildman–Crippen MR) is 126 cm³/mol. The number of ether oxygens (including phenoxy) is 2. The summed E-state index contributed by atoms with van der Waals surface area (Å²) in [5.41, 5.74) is 1.69. The van der Waals surface area contributed by atoms with E-state index < -0.39 is 10.9 Å². The largest absolute Gasteiger partial charge is 0.491 e. The zero-order chi connectivity index (χ0) is 21.1. The number of aliphatic imine (C=N–C) groups is 1. The molecule has 0 radical (unpaired) electrons. The molecule has 1 aliphatic rings. The Bertz CT molecular complexity index is 1040. The molecule has 0 spiro atoms. The van der Waals surface area contributed by atoms with E-state index in [2.05, 4.69) is 50.2 Å². The summed E-state index contributed by atoms with van der Waals surface area (Å²) in [6, 6.07) is 8.39. The van der Waals surface area contributed by atoms with Crippen LogP contribution in [-0.4, -0.2) is 23.4 Å². The molecule has 0 atom stereocenters. The number of cyclic esters (lactones) is 1. The van der Waals surface area contributed by atoms with E-state index in [1.54, 1.807) is 19.1 Å². The minimum absolute atomic E-state index is 0.0505. The summed E-state index contributed by atoms with van der Waals surface area (Å²) in [7, 11) is 0. The molecule has 0 aromatic heterocycles. The lowest BCUT2D eigenvalue weighted by molar-refractivity contribution is -0.385. The van der Waals surface area contributed by atoms with Gasteiger partial charge < -0.3 is 9.47 Å². The fourth-order valence-corrected chi connectivity index (χ4v) is 4.87. The molecule has 2 aromatic carbocycles. The topological polar surface area (TPSA) is 91.0 Å². The first-order valence-electron chi connectivity index (χ1n) is 8.70. The van der Waals surface area contributed by atoms with E-state index in [4.69, 9.17) is 9.47 Å². The smallest absolute Gasteiger partial charge is 0.363 e. The van der Waals surface area contributed by atoms with Crippen molar-refractivity contribution in [3.05, 3.63) is 70.0 Å². The van der Waals surface area contributed by atoms with E-state index in [1.165, 1.54) is 12.1 Å². The summed E-state index contributed by atoms with van der Waals surface area (Å²) in [4.78, 5) is 27.3. The summed E-state index contributed by atoms with van der Waals surface area (Å²) in [5.74, 6) is 0.289. The lowest BCUT2D eigenvalue weighted by atomic mass is 10.1. The molecule has 0 fully saturated rings. The molecule has 1 heterocycles. The van der Waals surface area contributed by atoms with Crippen LogP contribution in [0.25, 0.3) is 6.08 Å². The summed E-state index contributed by atoms with van der Waals surface area (Å²) in [5, 5.41) is 11.2. The van der Waals surface area contributed by atoms with E-state index in [1.807, 2.05) is 19.1 Å². The Morgan fingerprint density at radius 3 is 2.59 bits per heavy atom. The van der Waals surface area contributed by atoms with Crippen LogP contribution in [-0.2, 0) is 9.53 Å². The number of rotatable bonds is 6. The number of hydrogen-bond donors (Lipinski definition) is 0. The molecule has 7 nitrogen and oxygen atoms in total. The molecular weight excluding hydrogens is 602 g/mol. The van der Waals surface area contributed by atoms with Gasteiger partial charge in [0.25, 0.3) is 5.69 Å². The summed E-state index contributed by atoms with van der Waals surface area (Å²) < 4.78 is 12.9. The van der Waals surface area contributed by atoms with Crippen LogP contribution in [0.4, 0.5) is 5.69 Å². The number of nitro groups is 1. The van der Waals surface area contributed by atoms with Gasteiger partial charge in [0.05, 0.1) is 18.7 Å². The first kappa shape index (κ1) is 21.7. The fourth-order valence-electron chi connectivity index (χ4n) is 2.74. The highest BCUT2D eigenvalue weighted by Gasteiger charge is 2.27. The normalized spacial score (nSPS) is 14.7. The maximum atomic E-state index is 12.3. The second-order valence-corrected chi connectivity index (χ2v) is 8.53. The highest BCUT2D eigenvalue weighted by atomic mass is 127. The molecule has 9 heteroatoms. The Morgan fingerprint density at radius 2 is 1.97 bits per heavy atom. The summed E-state index contributed by atoms with van der Waals surface area (Å²) in [6.45, 7) is 4.28. The molecule has 0 aliphatic carbocycles. The van der Waals surface area contributed by atoms with Crippen LogP contribution < -0.4 is 4.74 Å². The zero-order valence-corrected chi connectivity index (χ0v) is 19.9. The third kappa shape index (κ3) is 4.77. The van der Waals surface area contributed by atoms with Gasteiger partial charge in [0.1, 0.15) is 5.75 Å². The van der Waals surface area contributed by atoms with Crippen LogP contribution in [0.1, 0.15) is 30.0 Å². The van der Waals surface area contributed by atoms with Gasteiger partial charge in [-0.2, -0.15) is 0 Å². The van der Waals surface area contributed by atoms with Crippen molar-refractivity contribution in [2.75, 3.05) is 6.61 Å². The molecule has 2 aromatic rings. The number of benzene rings is 2. The zero-order valence-electron chi connectivity index (χ0n) is 15.6. The van der Waals surface area contributed by atoms with Gasteiger partial charge in [-0.15, -0.1) is 0 Å². The van der Waals surface area contributed by atoms with Gasteiger partial charge in [-0.25, -0.2) is 9.79 Å². The van der Waals surface area contributed by atoms with Crippen LogP contribution in [0.15, 0.2) is 41.0 Å². The summed E-state index contributed by atoms with van der Waals surface area (Å²) in [6.07, 6.45) is 2.55. The van der Waals surface area contributed by atoms with Crippen LogP contribution in [0.3, 0.4) is 0 Å². The fraction of sp³-hybridized carbons (Fsp3) is 0.200. The van der Waals surface area contributed by atoms with Gasteiger partial charge >= 0.3 is 5.97 Å². The minimum Gasteiger partial charge on any atom is -0.491 e. The number of halogens is 2. The maximum absolute atomic E-state index is 12.3. The predicted octanol–water partition coefficient (Wildman–Crippen LogP) is 5.25. The van der Waals surface area contributed by atoms with Crippen molar-refractivity contribution in [1.29, 1.82) is 0 Å². The standard InChI is InChI=1S/C20H16I2N2O5/c1-3-7-28-18-14(21)8-12(9-15(18)22)10-16-20(25)29-19(23-16)13-5-4-6-17(11(13)2)24(26)27/h4-6,8-10H,3,7H2,1-2H3/b16-10-. The van der Waals surface area contributed by atoms with E-state index in [0.29, 0.717) is 17.7 Å². The number of nitrogens with zero attached hydrogens (tertiary/aromatic N) is 2. The van der Waals surface area contributed by atoms with Crippen molar-refractivity contribution < 1.29 is 19.2 Å². The number of carbonyl (C=O) groups is 1. The van der Waals surface area contributed by atoms with Crippen molar-refractivity contribution in [2.24, 2.45) is 4.99 Å². The van der Waals surface area contributed by atoms with E-state index in [9.17, 15) is 14.9 Å². The molecule has 29 heavy (non-hydrogen) atoms. The van der Waals surface area contributed by atoms with Gasteiger partial charge in [-0.05, 0) is 88.4 Å². The lowest BCUT2D eigenvalue weighted by Crippen LogP contribution is -2.08. The first-order valence-corrected chi connectivity index (χ1v) is 10.9. The molecule has 150 valence electrons. The second kappa shape index (κ2) is 9.20.